The van der Waals surface area contributed by atoms with Gasteiger partial charge in [-0.25, -0.2) is 9.59 Å². The highest BCUT2D eigenvalue weighted by atomic mass is 16.7. The quantitative estimate of drug-likeness (QED) is 0.0420. The second-order valence-electron chi connectivity index (χ2n) is 13.9. The normalized spacial score (nSPS) is 13.1. The Morgan fingerprint density at radius 2 is 0.875 bits per heavy atom. The Bertz CT molecular complexity index is 1830. The fourth-order valence-electron chi connectivity index (χ4n) is 6.49. The largest absolute Gasteiger partial charge is 0.457 e. The molecule has 0 aromatic heterocycles. The number of aryl methyl sites for hydroxylation is 2. The lowest BCUT2D eigenvalue weighted by atomic mass is 9.65. The van der Waals surface area contributed by atoms with Gasteiger partial charge in [-0.1, -0.05) is 81.0 Å². The minimum Gasteiger partial charge on any atom is -0.457 e. The van der Waals surface area contributed by atoms with Crippen LogP contribution < -0.4 is 18.9 Å². The number of esters is 4. The monoisotopic (exact) mass is 760 g/mol. The number of rotatable bonds is 18. The molecule has 0 unspecified atom stereocenters. The van der Waals surface area contributed by atoms with Crippen molar-refractivity contribution in [2.24, 2.45) is 0 Å². The van der Waals surface area contributed by atoms with Gasteiger partial charge in [0.05, 0.1) is 0 Å². The molecule has 1 aliphatic carbocycles. The van der Waals surface area contributed by atoms with Crippen LogP contribution in [0, 0.1) is 0 Å². The zero-order valence-electron chi connectivity index (χ0n) is 32.0. The number of hydrogen-bond acceptors (Lipinski definition) is 10. The van der Waals surface area contributed by atoms with E-state index in [-0.39, 0.29) is 43.8 Å². The van der Waals surface area contributed by atoms with E-state index in [2.05, 4.69) is 13.2 Å². The fraction of sp³-hybridized carbons (Fsp3) is 0.304. The van der Waals surface area contributed by atoms with Gasteiger partial charge < -0.3 is 28.4 Å². The molecule has 0 spiro atoms. The second-order valence-corrected chi connectivity index (χ2v) is 13.9. The Kier molecular flexibility index (Phi) is 14.6. The van der Waals surface area contributed by atoms with Crippen molar-refractivity contribution in [2.45, 2.75) is 77.0 Å². The second kappa shape index (κ2) is 20.0. The predicted molar refractivity (Wildman–Crippen MR) is 210 cm³/mol. The average molecular weight is 761 g/mol. The first-order valence-corrected chi connectivity index (χ1v) is 18.7. The van der Waals surface area contributed by atoms with Gasteiger partial charge in [0.15, 0.2) is 0 Å². The van der Waals surface area contributed by atoms with Crippen LogP contribution in [0.5, 0.6) is 23.0 Å². The summed E-state index contributed by atoms with van der Waals surface area (Å²) in [6, 6.07) is 30.1. The molecule has 0 saturated heterocycles. The molecule has 5 rings (SSSR count). The van der Waals surface area contributed by atoms with E-state index >= 15 is 0 Å². The molecule has 0 amide bonds. The zero-order valence-corrected chi connectivity index (χ0v) is 32.0. The molecule has 1 aliphatic rings. The molecule has 0 atom stereocenters. The van der Waals surface area contributed by atoms with Gasteiger partial charge in [0.1, 0.15) is 23.0 Å². The molecule has 4 aromatic rings. The van der Waals surface area contributed by atoms with Crippen molar-refractivity contribution >= 4 is 23.9 Å². The lowest BCUT2D eigenvalue weighted by Crippen LogP contribution is -2.30. The van der Waals surface area contributed by atoms with Crippen molar-refractivity contribution in [1.29, 1.82) is 0 Å². The van der Waals surface area contributed by atoms with Crippen LogP contribution in [0.2, 0.25) is 0 Å². The smallest absolute Gasteiger partial charge is 0.335 e. The number of benzene rings is 4. The van der Waals surface area contributed by atoms with Crippen molar-refractivity contribution in [3.05, 3.63) is 144 Å². The van der Waals surface area contributed by atoms with Crippen LogP contribution in [0.1, 0.15) is 81.0 Å². The van der Waals surface area contributed by atoms with Crippen molar-refractivity contribution in [2.75, 3.05) is 13.6 Å². The number of carbonyl (C=O) groups excluding carboxylic acids is 4. The number of ether oxygens (including phenoxy) is 6. The molecule has 0 bridgehead atoms. The van der Waals surface area contributed by atoms with Crippen molar-refractivity contribution in [1.82, 2.24) is 0 Å². The van der Waals surface area contributed by atoms with E-state index in [0.29, 0.717) is 47.0 Å². The maximum atomic E-state index is 12.7. The fourth-order valence-corrected chi connectivity index (χ4v) is 6.49. The number of hydrogen-bond donors (Lipinski definition) is 0. The summed E-state index contributed by atoms with van der Waals surface area (Å²) in [7, 11) is 0. The highest BCUT2D eigenvalue weighted by molar-refractivity contribution is 5.87. The molecule has 10 heteroatoms. The van der Waals surface area contributed by atoms with Crippen LogP contribution in [0.4, 0.5) is 0 Å². The van der Waals surface area contributed by atoms with Gasteiger partial charge in [-0.3, -0.25) is 9.59 Å². The van der Waals surface area contributed by atoms with Crippen LogP contribution >= 0.6 is 0 Å². The summed E-state index contributed by atoms with van der Waals surface area (Å²) in [6.07, 6.45) is 6.75. The Labute approximate surface area is 328 Å². The van der Waals surface area contributed by atoms with Crippen LogP contribution in [-0.2, 0) is 46.9 Å². The maximum absolute atomic E-state index is 12.7. The Balaban J connectivity index is 1.09. The summed E-state index contributed by atoms with van der Waals surface area (Å²) < 4.78 is 32.1. The molecular formula is C46H48O10. The molecule has 1 fully saturated rings. The first-order chi connectivity index (χ1) is 27.0. The number of carbonyl (C=O) groups is 4. The molecule has 0 heterocycles. The first-order valence-electron chi connectivity index (χ1n) is 18.7. The Morgan fingerprint density at radius 1 is 0.518 bits per heavy atom. The maximum Gasteiger partial charge on any atom is 0.335 e. The Hall–Kier alpha value is -6.16. The third kappa shape index (κ3) is 11.9. The van der Waals surface area contributed by atoms with Crippen LogP contribution in [0.15, 0.2) is 121 Å². The lowest BCUT2D eigenvalue weighted by Gasteiger charge is -2.38. The molecule has 10 nitrogen and oxygen atoms in total. The highest BCUT2D eigenvalue weighted by Gasteiger charge is 2.35. The van der Waals surface area contributed by atoms with Gasteiger partial charge in [-0.15, -0.1) is 0 Å². The minimum absolute atomic E-state index is 0.201. The van der Waals surface area contributed by atoms with E-state index in [1.807, 2.05) is 72.8 Å². The van der Waals surface area contributed by atoms with Crippen molar-refractivity contribution in [3.63, 3.8) is 0 Å². The molecular weight excluding hydrogens is 712 g/mol. The van der Waals surface area contributed by atoms with Crippen molar-refractivity contribution < 1.29 is 47.6 Å². The van der Waals surface area contributed by atoms with E-state index in [4.69, 9.17) is 28.4 Å². The summed E-state index contributed by atoms with van der Waals surface area (Å²) >= 11 is 0. The van der Waals surface area contributed by atoms with E-state index in [1.54, 1.807) is 38.1 Å². The summed E-state index contributed by atoms with van der Waals surface area (Å²) in [5.41, 5.74) is 4.60. The van der Waals surface area contributed by atoms with Gasteiger partial charge in [0.25, 0.3) is 0 Å². The van der Waals surface area contributed by atoms with Gasteiger partial charge in [0, 0.05) is 29.4 Å². The third-order valence-electron chi connectivity index (χ3n) is 9.59. The summed E-state index contributed by atoms with van der Waals surface area (Å²) in [6.45, 7) is 9.77. The SMILES string of the molecule is C=C(C)C(=O)OCOc1ccc(CCC(=O)Oc2ccc(C3(c4ccc(OC(=O)CCc5ccc(OCOC(=O)C(=C)C)cc5)cc4)CCCCC3)cc2)cc1. The first kappa shape index (κ1) is 41.0. The zero-order chi connectivity index (χ0) is 39.9. The molecule has 0 radical (unpaired) electrons. The van der Waals surface area contributed by atoms with E-state index < -0.39 is 11.9 Å². The van der Waals surface area contributed by atoms with Gasteiger partial charge in [-0.2, -0.15) is 0 Å². The molecule has 4 aromatic carbocycles. The van der Waals surface area contributed by atoms with Crippen LogP contribution in [0.3, 0.4) is 0 Å². The molecule has 0 aliphatic heterocycles. The van der Waals surface area contributed by atoms with Crippen LogP contribution in [-0.4, -0.2) is 37.5 Å². The lowest BCUT2D eigenvalue weighted by molar-refractivity contribution is -0.146. The molecule has 56 heavy (non-hydrogen) atoms. The van der Waals surface area contributed by atoms with Crippen LogP contribution in [0.25, 0.3) is 0 Å². The molecule has 0 N–H and O–H groups in total. The standard InChI is InChI=1S/C46H48O10/c1-32(2)44(49)53-30-51-38-18-8-34(9-19-38)12-26-42(47)55-40-22-14-36(15-23-40)46(28-6-5-7-29-46)37-16-24-41(25-17-37)56-43(48)27-13-35-10-20-39(21-11-35)52-31-54-45(50)33(3)4/h8-11,14-25H,1,3,5-7,12-13,26-31H2,2,4H3. The van der Waals surface area contributed by atoms with Crippen molar-refractivity contribution in [3.8, 4) is 23.0 Å². The van der Waals surface area contributed by atoms with Gasteiger partial charge >= 0.3 is 23.9 Å². The average Bonchev–Trinajstić information content (AvgIpc) is 3.21. The van der Waals surface area contributed by atoms with E-state index in [9.17, 15) is 19.2 Å². The molecule has 1 saturated carbocycles. The topological polar surface area (TPSA) is 124 Å². The van der Waals surface area contributed by atoms with E-state index in [0.717, 1.165) is 47.9 Å². The van der Waals surface area contributed by atoms with Gasteiger partial charge in [0.2, 0.25) is 13.6 Å². The highest BCUT2D eigenvalue weighted by Crippen LogP contribution is 2.45. The summed E-state index contributed by atoms with van der Waals surface area (Å²) in [4.78, 5) is 48.4. The summed E-state index contributed by atoms with van der Waals surface area (Å²) in [5.74, 6) is 0.386. The molecule has 292 valence electrons. The Morgan fingerprint density at radius 3 is 1.23 bits per heavy atom. The minimum atomic E-state index is -0.514. The van der Waals surface area contributed by atoms with E-state index in [1.165, 1.54) is 6.42 Å². The van der Waals surface area contributed by atoms with Gasteiger partial charge in [-0.05, 0) is 110 Å². The summed E-state index contributed by atoms with van der Waals surface area (Å²) in [5, 5.41) is 0. The third-order valence-corrected chi connectivity index (χ3v) is 9.59. The predicted octanol–water partition coefficient (Wildman–Crippen LogP) is 8.92.